The van der Waals surface area contributed by atoms with Crippen molar-refractivity contribution in [3.63, 3.8) is 0 Å². The first kappa shape index (κ1) is 35.5. The van der Waals surface area contributed by atoms with Gasteiger partial charge in [-0.15, -0.1) is 53.6 Å². The van der Waals surface area contributed by atoms with Gasteiger partial charge < -0.3 is 18.4 Å². The van der Waals surface area contributed by atoms with E-state index in [0.717, 1.165) is 49.9 Å². The van der Waals surface area contributed by atoms with Crippen LogP contribution in [0.15, 0.2) is 167 Å². The number of aryl methyl sites for hydroxylation is 2. The summed E-state index contributed by atoms with van der Waals surface area (Å²) in [4.78, 5) is 14.2. The normalized spacial score (nSPS) is 13.2. The minimum Gasteiger partial charge on any atom is -0.497 e. The van der Waals surface area contributed by atoms with Gasteiger partial charge in [-0.2, -0.15) is 0 Å². The fourth-order valence-electron chi connectivity index (χ4n) is 8.23. The van der Waals surface area contributed by atoms with Gasteiger partial charge in [0.05, 0.1) is 22.4 Å². The molecular formula is C57H46IrN4O2-2. The van der Waals surface area contributed by atoms with Crippen LogP contribution < -0.4 is 0 Å². The van der Waals surface area contributed by atoms with E-state index >= 15 is 0 Å². The summed E-state index contributed by atoms with van der Waals surface area (Å²) in [6.45, 7) is 4.75. The molecular weight excluding hydrogens is 965 g/mol. The number of oxazole rings is 1. The molecule has 7 aromatic carbocycles. The Morgan fingerprint density at radius 3 is 1.95 bits per heavy atom. The minimum absolute atomic E-state index is 0. The monoisotopic (exact) mass is 1020 g/mol. The molecule has 1 radical (unpaired) electrons. The second-order valence-electron chi connectivity index (χ2n) is 16.2. The topological polar surface area (TPSA) is 69.9 Å². The predicted molar refractivity (Wildman–Crippen MR) is 257 cm³/mol. The standard InChI is InChI=1S/C44H34N3O2.C13H12N.Ir/c1-26(2)34-24-30(28-14-7-5-8-15-28)25-35(27(3)4)39(34)47-38-21-12-11-20-36(38)45-43(47)33-19-13-18-31-32-22-23-37-42(41(32)48-40(31)33)49-44(46-37)29-16-9-6-10-17-29;1-10-3-6-12(7-4-10)13-8-5-11(2)9-14-13;/h5-18,20-27H,1-4H3;3-6,8-9H,1-2H3;/q2*-1;/i;1D3,2D3;. The molecule has 4 heterocycles. The van der Waals surface area contributed by atoms with Crippen molar-refractivity contribution in [2.75, 3.05) is 0 Å². The van der Waals surface area contributed by atoms with Crippen LogP contribution in [0.5, 0.6) is 0 Å². The maximum Gasteiger partial charge on any atom is 0.227 e. The van der Waals surface area contributed by atoms with E-state index in [4.69, 9.17) is 27.0 Å². The summed E-state index contributed by atoms with van der Waals surface area (Å²) in [5, 5.41) is 1.95. The van der Waals surface area contributed by atoms with E-state index in [2.05, 4.69) is 122 Å². The zero-order valence-corrected chi connectivity index (χ0v) is 38.0. The van der Waals surface area contributed by atoms with Crippen LogP contribution >= 0.6 is 0 Å². The van der Waals surface area contributed by atoms with Crippen molar-refractivity contribution < 1.29 is 37.2 Å². The molecule has 0 N–H and O–H groups in total. The number of para-hydroxylation sites is 2. The number of rotatable bonds is 7. The van der Waals surface area contributed by atoms with E-state index in [1.165, 1.54) is 52.3 Å². The van der Waals surface area contributed by atoms with Gasteiger partial charge in [-0.25, -0.2) is 4.98 Å². The summed E-state index contributed by atoms with van der Waals surface area (Å²) in [5.74, 6) is 1.88. The zero-order valence-electron chi connectivity index (χ0n) is 41.6. The van der Waals surface area contributed by atoms with Gasteiger partial charge >= 0.3 is 0 Å². The quantitative estimate of drug-likeness (QED) is 0.149. The Morgan fingerprint density at radius 2 is 1.28 bits per heavy atom. The molecule has 0 unspecified atom stereocenters. The van der Waals surface area contributed by atoms with E-state index in [9.17, 15) is 0 Å². The van der Waals surface area contributed by atoms with Gasteiger partial charge in [-0.3, -0.25) is 4.98 Å². The molecule has 0 aliphatic heterocycles. The molecule has 317 valence electrons. The van der Waals surface area contributed by atoms with Gasteiger partial charge in [0.2, 0.25) is 5.89 Å². The van der Waals surface area contributed by atoms with Crippen LogP contribution in [0, 0.1) is 25.8 Å². The first-order chi connectivity index (χ1) is 33.1. The van der Waals surface area contributed by atoms with Crippen LogP contribution in [0.1, 0.15) is 70.0 Å². The van der Waals surface area contributed by atoms with Gasteiger partial charge in [0, 0.05) is 51.2 Å². The van der Waals surface area contributed by atoms with Crippen LogP contribution in [0.2, 0.25) is 0 Å². The van der Waals surface area contributed by atoms with Crippen molar-refractivity contribution in [1.29, 1.82) is 0 Å². The second kappa shape index (κ2) is 17.7. The maximum absolute atomic E-state index is 7.28. The smallest absolute Gasteiger partial charge is 0.227 e. The van der Waals surface area contributed by atoms with Crippen molar-refractivity contribution in [3.05, 3.63) is 192 Å². The minimum atomic E-state index is -2.18. The Labute approximate surface area is 395 Å². The zero-order chi connectivity index (χ0) is 48.2. The molecule has 64 heavy (non-hydrogen) atoms. The Hall–Kier alpha value is -6.92. The Bertz CT molecular complexity index is 3550. The van der Waals surface area contributed by atoms with Gasteiger partial charge in [0.15, 0.2) is 11.2 Å². The third kappa shape index (κ3) is 7.87. The second-order valence-corrected chi connectivity index (χ2v) is 16.2. The summed E-state index contributed by atoms with van der Waals surface area (Å²) in [6, 6.07) is 55.8. The molecule has 0 aliphatic rings. The van der Waals surface area contributed by atoms with Crippen molar-refractivity contribution in [1.82, 2.24) is 19.5 Å². The molecule has 0 saturated carbocycles. The van der Waals surface area contributed by atoms with E-state index in [1.807, 2.05) is 48.5 Å². The van der Waals surface area contributed by atoms with Crippen LogP contribution in [-0.4, -0.2) is 19.5 Å². The van der Waals surface area contributed by atoms with E-state index in [0.29, 0.717) is 28.3 Å². The van der Waals surface area contributed by atoms with E-state index in [1.54, 1.807) is 12.1 Å². The van der Waals surface area contributed by atoms with Gasteiger partial charge in [-0.1, -0.05) is 118 Å². The summed E-state index contributed by atoms with van der Waals surface area (Å²) < 4.78 is 59.2. The number of benzene rings is 7. The summed E-state index contributed by atoms with van der Waals surface area (Å²) in [6.07, 6.45) is 1.30. The third-order valence-electron chi connectivity index (χ3n) is 11.4. The number of hydrogen-bond acceptors (Lipinski definition) is 5. The van der Waals surface area contributed by atoms with Crippen LogP contribution in [0.4, 0.5) is 0 Å². The largest absolute Gasteiger partial charge is 0.497 e. The molecule has 0 bridgehead atoms. The van der Waals surface area contributed by atoms with Gasteiger partial charge in [0.1, 0.15) is 5.52 Å². The number of fused-ring (bicyclic) bond motifs is 6. The molecule has 11 aromatic rings. The fraction of sp³-hybridized carbons (Fsp3) is 0.140. The molecule has 11 rings (SSSR count). The Balaban J connectivity index is 0.000000244. The molecule has 0 spiro atoms. The van der Waals surface area contributed by atoms with Gasteiger partial charge in [0.25, 0.3) is 0 Å². The predicted octanol–water partition coefficient (Wildman–Crippen LogP) is 15.3. The maximum atomic E-state index is 7.28. The molecule has 6 nitrogen and oxygen atoms in total. The Morgan fingerprint density at radius 1 is 0.594 bits per heavy atom. The van der Waals surface area contributed by atoms with Crippen LogP contribution in [0.25, 0.3) is 95.0 Å². The number of pyridine rings is 1. The molecule has 0 aliphatic carbocycles. The number of furan rings is 1. The molecule has 4 aromatic heterocycles. The fourth-order valence-corrected chi connectivity index (χ4v) is 8.23. The van der Waals surface area contributed by atoms with E-state index < -0.39 is 13.7 Å². The molecule has 0 saturated heterocycles. The van der Waals surface area contributed by atoms with Gasteiger partial charge in [-0.05, 0) is 101 Å². The average molecular weight is 1020 g/mol. The SMILES string of the molecule is CC(C)c1cc(-c2ccccc2)cc(C(C)C)c1-n1c(-c2[c-]ccc3c2oc2c3ccc3nc(-c4ccccc4)oc32)nc2ccccc21.[2H]C([2H])([2H])c1c[c-]c(-c2ccc(C([2H])([2H])[2H])cn2)cc1.[Ir]. The van der Waals surface area contributed by atoms with Crippen LogP contribution in [0.3, 0.4) is 0 Å². The summed E-state index contributed by atoms with van der Waals surface area (Å²) >= 11 is 0. The number of imidazole rings is 1. The van der Waals surface area contributed by atoms with Crippen molar-refractivity contribution in [3.8, 4) is 50.9 Å². The summed E-state index contributed by atoms with van der Waals surface area (Å²) in [7, 11) is 0. The molecule has 0 atom stereocenters. The van der Waals surface area contributed by atoms with E-state index in [-0.39, 0.29) is 43.1 Å². The Kier molecular flexibility index (Phi) is 9.82. The first-order valence-electron chi connectivity index (χ1n) is 24.1. The summed E-state index contributed by atoms with van der Waals surface area (Å²) in [5.41, 5.74) is 14.1. The number of aromatic nitrogens is 4. The van der Waals surface area contributed by atoms with Crippen molar-refractivity contribution >= 4 is 44.1 Å². The third-order valence-corrected chi connectivity index (χ3v) is 11.4. The molecule has 0 fully saturated rings. The number of hydrogen-bond donors (Lipinski definition) is 0. The molecule has 7 heteroatoms. The average Bonchev–Trinajstić information content (AvgIpc) is 4.08. The molecule has 0 amide bonds. The van der Waals surface area contributed by atoms with Crippen molar-refractivity contribution in [2.45, 2.75) is 53.2 Å². The van der Waals surface area contributed by atoms with Crippen LogP contribution in [-0.2, 0) is 20.1 Å². The first-order valence-corrected chi connectivity index (χ1v) is 21.1. The number of nitrogens with zero attached hydrogens (tertiary/aromatic N) is 4. The van der Waals surface area contributed by atoms with Crippen molar-refractivity contribution in [2.24, 2.45) is 0 Å².